The zero-order valence-corrected chi connectivity index (χ0v) is 14.2. The van der Waals surface area contributed by atoms with Gasteiger partial charge in [-0.1, -0.05) is 11.9 Å². The maximum absolute atomic E-state index is 13.2. The van der Waals surface area contributed by atoms with Crippen molar-refractivity contribution in [2.45, 2.75) is 6.54 Å². The molecule has 0 aliphatic carbocycles. The number of nitrogens with zero attached hydrogens (tertiary/aromatic N) is 1. The Balaban J connectivity index is 2.16. The molecule has 3 rings (SSSR count). The highest BCUT2D eigenvalue weighted by molar-refractivity contribution is 7.99. The van der Waals surface area contributed by atoms with Crippen LogP contribution in [0.5, 0.6) is 0 Å². The predicted molar refractivity (Wildman–Crippen MR) is 96.3 cm³/mol. The average Bonchev–Trinajstić information content (AvgIpc) is 2.93. The van der Waals surface area contributed by atoms with E-state index >= 15 is 0 Å². The summed E-state index contributed by atoms with van der Waals surface area (Å²) in [5.74, 6) is 0.544. The first kappa shape index (κ1) is 15.9. The molecule has 3 aromatic rings. The molecule has 0 atom stereocenters. The second kappa shape index (κ2) is 6.64. The van der Waals surface area contributed by atoms with E-state index in [-0.39, 0.29) is 5.82 Å². The van der Waals surface area contributed by atoms with E-state index in [9.17, 15) is 4.39 Å². The molecule has 0 radical (unpaired) electrons. The van der Waals surface area contributed by atoms with Crippen molar-refractivity contribution in [1.29, 1.82) is 0 Å². The van der Waals surface area contributed by atoms with Gasteiger partial charge in [0.25, 0.3) is 0 Å². The highest BCUT2D eigenvalue weighted by Crippen LogP contribution is 2.36. The maximum Gasteiger partial charge on any atom is 0.139 e. The van der Waals surface area contributed by atoms with Crippen LogP contribution in [0.15, 0.2) is 46.9 Å². The zero-order chi connectivity index (χ0) is 16.4. The molecular formula is C18H19FN2OS. The van der Waals surface area contributed by atoms with Crippen LogP contribution in [-0.4, -0.2) is 20.4 Å². The number of nitrogens with one attached hydrogen (secondary N) is 1. The molecule has 0 spiro atoms. The molecule has 2 aromatic carbocycles. The Bertz CT molecular complexity index is 814. The Morgan fingerprint density at radius 2 is 1.91 bits per heavy atom. The summed E-state index contributed by atoms with van der Waals surface area (Å²) < 4.78 is 21.4. The van der Waals surface area contributed by atoms with Crippen LogP contribution in [0.1, 0.15) is 5.56 Å². The van der Waals surface area contributed by atoms with Gasteiger partial charge in [0.1, 0.15) is 17.2 Å². The Labute approximate surface area is 139 Å². The Morgan fingerprint density at radius 3 is 2.57 bits per heavy atom. The number of anilines is 1. The van der Waals surface area contributed by atoms with Crippen LogP contribution < -0.4 is 9.62 Å². The lowest BCUT2D eigenvalue weighted by molar-refractivity contribution is 0.619. The van der Waals surface area contributed by atoms with Crippen molar-refractivity contribution >= 4 is 28.6 Å². The minimum Gasteiger partial charge on any atom is -0.456 e. The lowest BCUT2D eigenvalue weighted by Crippen LogP contribution is -2.06. The van der Waals surface area contributed by atoms with Gasteiger partial charge in [-0.05, 0) is 43.4 Å². The lowest BCUT2D eigenvalue weighted by atomic mass is 10.1. The molecule has 1 N–H and O–H groups in total. The third kappa shape index (κ3) is 3.07. The van der Waals surface area contributed by atoms with Gasteiger partial charge in [0.15, 0.2) is 0 Å². The number of rotatable bonds is 5. The Kier molecular flexibility index (Phi) is 4.59. The van der Waals surface area contributed by atoms with Crippen molar-refractivity contribution in [2.24, 2.45) is 0 Å². The summed E-state index contributed by atoms with van der Waals surface area (Å²) >= 11 is 1.64. The van der Waals surface area contributed by atoms with Crippen molar-refractivity contribution in [1.82, 2.24) is 5.32 Å². The molecule has 0 fully saturated rings. The van der Waals surface area contributed by atoms with Gasteiger partial charge in [-0.15, -0.1) is 0 Å². The summed E-state index contributed by atoms with van der Waals surface area (Å²) in [6.45, 7) is 0.692. The van der Waals surface area contributed by atoms with E-state index in [1.54, 1.807) is 24.1 Å². The smallest absolute Gasteiger partial charge is 0.139 e. The molecule has 120 valence electrons. The summed E-state index contributed by atoms with van der Waals surface area (Å²) in [5.41, 5.74) is 3.90. The zero-order valence-electron chi connectivity index (χ0n) is 13.4. The second-order valence-corrected chi connectivity index (χ2v) is 6.22. The van der Waals surface area contributed by atoms with Crippen molar-refractivity contribution in [3.63, 3.8) is 0 Å². The number of hydrogen-bond acceptors (Lipinski definition) is 4. The average molecular weight is 330 g/mol. The quantitative estimate of drug-likeness (QED) is 0.688. The fraction of sp³-hybridized carbons (Fsp3) is 0.222. The van der Waals surface area contributed by atoms with Crippen LogP contribution in [0, 0.1) is 5.82 Å². The number of hydrogen-bond donors (Lipinski definition) is 1. The number of fused-ring (bicyclic) bond motifs is 1. The van der Waals surface area contributed by atoms with Crippen LogP contribution in [0.2, 0.25) is 0 Å². The van der Waals surface area contributed by atoms with Gasteiger partial charge in [0.2, 0.25) is 0 Å². The van der Waals surface area contributed by atoms with Gasteiger partial charge in [0, 0.05) is 42.4 Å². The molecule has 23 heavy (non-hydrogen) atoms. The van der Waals surface area contributed by atoms with Crippen molar-refractivity contribution in [3.05, 3.63) is 53.8 Å². The van der Waals surface area contributed by atoms with Gasteiger partial charge in [-0.2, -0.15) is 0 Å². The molecule has 0 saturated heterocycles. The summed E-state index contributed by atoms with van der Waals surface area (Å²) in [6.07, 6.45) is 2.03. The summed E-state index contributed by atoms with van der Waals surface area (Å²) in [6, 6.07) is 12.6. The second-order valence-electron chi connectivity index (χ2n) is 5.31. The lowest BCUT2D eigenvalue weighted by Gasteiger charge is -2.14. The van der Waals surface area contributed by atoms with Gasteiger partial charge >= 0.3 is 0 Å². The van der Waals surface area contributed by atoms with Crippen molar-refractivity contribution in [2.75, 3.05) is 24.7 Å². The van der Waals surface area contributed by atoms with Gasteiger partial charge in [0.05, 0.1) is 5.69 Å². The number of furan rings is 1. The molecule has 0 bridgehead atoms. The number of halogens is 1. The van der Waals surface area contributed by atoms with Crippen LogP contribution >= 0.6 is 11.9 Å². The van der Waals surface area contributed by atoms with Gasteiger partial charge < -0.3 is 14.0 Å². The Morgan fingerprint density at radius 1 is 1.17 bits per heavy atom. The topological polar surface area (TPSA) is 28.4 Å². The first-order valence-electron chi connectivity index (χ1n) is 7.38. The first-order chi connectivity index (χ1) is 11.1. The highest BCUT2D eigenvalue weighted by Gasteiger charge is 2.16. The minimum absolute atomic E-state index is 0.246. The molecule has 0 saturated carbocycles. The van der Waals surface area contributed by atoms with E-state index in [4.69, 9.17) is 4.42 Å². The third-order valence-electron chi connectivity index (χ3n) is 3.87. The van der Waals surface area contributed by atoms with Crippen LogP contribution in [0.25, 0.3) is 22.3 Å². The van der Waals surface area contributed by atoms with Crippen LogP contribution in [0.4, 0.5) is 10.1 Å². The van der Waals surface area contributed by atoms with Crippen LogP contribution in [0.3, 0.4) is 0 Å². The predicted octanol–water partition coefficient (Wildman–Crippen LogP) is 4.67. The highest BCUT2D eigenvalue weighted by atomic mass is 32.2. The molecule has 3 nitrogen and oxygen atoms in total. The summed E-state index contributed by atoms with van der Waals surface area (Å²) in [5, 5.41) is 4.26. The van der Waals surface area contributed by atoms with Crippen molar-refractivity contribution < 1.29 is 8.81 Å². The monoisotopic (exact) mass is 330 g/mol. The minimum atomic E-state index is -0.246. The van der Waals surface area contributed by atoms with E-state index in [1.165, 1.54) is 12.1 Å². The molecule has 5 heteroatoms. The molecule has 1 aromatic heterocycles. The molecule has 0 amide bonds. The third-order valence-corrected chi connectivity index (χ3v) is 4.63. The summed E-state index contributed by atoms with van der Waals surface area (Å²) in [7, 11) is 3.92. The van der Waals surface area contributed by atoms with Crippen LogP contribution in [-0.2, 0) is 6.54 Å². The molecule has 1 heterocycles. The maximum atomic E-state index is 13.2. The van der Waals surface area contributed by atoms with Gasteiger partial charge in [-0.25, -0.2) is 4.39 Å². The standard InChI is InChI=1S/C18H19FN2OS/c1-20-11-16-15-9-8-14(21(2)23-3)10-17(15)22-18(16)12-4-6-13(19)7-5-12/h4-10,20H,11H2,1-3H3. The largest absolute Gasteiger partial charge is 0.456 e. The molecular weight excluding hydrogens is 311 g/mol. The van der Waals surface area contributed by atoms with E-state index < -0.39 is 0 Å². The fourth-order valence-electron chi connectivity index (χ4n) is 2.63. The SMILES string of the molecule is CNCc1c(-c2ccc(F)cc2)oc2cc(N(C)SC)ccc12. The van der Waals surface area contributed by atoms with Gasteiger partial charge in [-0.3, -0.25) is 0 Å². The van der Waals surface area contributed by atoms with Crippen molar-refractivity contribution in [3.8, 4) is 11.3 Å². The van der Waals surface area contributed by atoms with E-state index in [2.05, 4.69) is 21.8 Å². The summed E-state index contributed by atoms with van der Waals surface area (Å²) in [4.78, 5) is 0. The fourth-order valence-corrected chi connectivity index (χ4v) is 2.95. The molecule has 0 aliphatic heterocycles. The first-order valence-corrected chi connectivity index (χ1v) is 8.56. The van der Waals surface area contributed by atoms with E-state index in [1.807, 2.05) is 26.4 Å². The number of benzene rings is 2. The normalized spacial score (nSPS) is 11.1. The van der Waals surface area contributed by atoms with E-state index in [0.29, 0.717) is 6.54 Å². The molecule has 0 unspecified atom stereocenters. The Hall–Kier alpha value is -1.98. The van der Waals surface area contributed by atoms with E-state index in [0.717, 1.165) is 33.5 Å². The molecule has 0 aliphatic rings.